The van der Waals surface area contributed by atoms with Gasteiger partial charge in [0.05, 0.1) is 8.07 Å². The van der Waals surface area contributed by atoms with E-state index in [1.165, 1.54) is 29.8 Å². The van der Waals surface area contributed by atoms with E-state index in [0.29, 0.717) is 0 Å². The predicted molar refractivity (Wildman–Crippen MR) is 67.5 cm³/mol. The molecule has 0 nitrogen and oxygen atoms in total. The molecule has 1 rings (SSSR count). The first kappa shape index (κ1) is 12.7. The van der Waals surface area contributed by atoms with E-state index in [2.05, 4.69) is 13.8 Å². The third-order valence-electron chi connectivity index (χ3n) is 3.28. The molecule has 0 saturated carbocycles. The largest absolute Gasteiger partial charge is 0.207 e. The van der Waals surface area contributed by atoms with Crippen LogP contribution in [0.1, 0.15) is 19.4 Å². The van der Waals surface area contributed by atoms with Crippen molar-refractivity contribution >= 4 is 19.7 Å². The Morgan fingerprint density at radius 2 is 1.67 bits per heavy atom. The van der Waals surface area contributed by atoms with E-state index in [1.54, 1.807) is 0 Å². The van der Waals surface area contributed by atoms with Crippen LogP contribution in [-0.4, -0.2) is 13.6 Å². The highest BCUT2D eigenvalue weighted by molar-refractivity contribution is 6.84. The zero-order chi connectivity index (χ0) is 11.3. The van der Waals surface area contributed by atoms with Crippen molar-refractivity contribution in [2.45, 2.75) is 32.0 Å². The first-order valence-corrected chi connectivity index (χ1v) is 8.82. The van der Waals surface area contributed by atoms with Gasteiger partial charge in [-0.25, -0.2) is 4.39 Å². The van der Waals surface area contributed by atoms with Gasteiger partial charge in [0.15, 0.2) is 0 Å². The fourth-order valence-corrected chi connectivity index (χ4v) is 5.76. The number of hydrogen-bond donors (Lipinski definition) is 0. The molecule has 3 heteroatoms. The Morgan fingerprint density at radius 1 is 1.13 bits per heavy atom. The van der Waals surface area contributed by atoms with Gasteiger partial charge in [-0.2, -0.15) is 0 Å². The lowest BCUT2D eigenvalue weighted by Crippen LogP contribution is -2.38. The monoisotopic (exact) mass is 244 g/mol. The second-order valence-corrected chi connectivity index (χ2v) is 9.98. The molecule has 0 radical (unpaired) electrons. The maximum absolute atomic E-state index is 12.8. The quantitative estimate of drug-likeness (QED) is 0.539. The number of benzene rings is 1. The van der Waals surface area contributed by atoms with Gasteiger partial charge < -0.3 is 0 Å². The summed E-state index contributed by atoms with van der Waals surface area (Å²) in [4.78, 5) is 0. The zero-order valence-corrected chi connectivity index (χ0v) is 11.1. The molecule has 0 aliphatic carbocycles. The van der Waals surface area contributed by atoms with Crippen molar-refractivity contribution in [1.29, 1.82) is 0 Å². The first-order chi connectivity index (χ1) is 7.15. The van der Waals surface area contributed by atoms with Crippen LogP contribution in [0.15, 0.2) is 24.3 Å². The molecule has 0 unspecified atom stereocenters. The summed E-state index contributed by atoms with van der Waals surface area (Å²) in [7, 11) is -1.33. The predicted octanol–water partition coefficient (Wildman–Crippen LogP) is 4.17. The summed E-state index contributed by atoms with van der Waals surface area (Å²) in [5, 5.41) is 0. The van der Waals surface area contributed by atoms with Crippen molar-refractivity contribution in [3.63, 3.8) is 0 Å². The average Bonchev–Trinajstić information content (AvgIpc) is 2.29. The molecular weight excluding hydrogens is 227 g/mol. The molecule has 0 aliphatic rings. The van der Waals surface area contributed by atoms with Gasteiger partial charge in [-0.05, 0) is 18.2 Å². The molecule has 0 saturated heterocycles. The molecule has 0 fully saturated rings. The minimum atomic E-state index is -1.33. The average molecular weight is 245 g/mol. The Labute approximate surface area is 97.5 Å². The van der Waals surface area contributed by atoms with Crippen LogP contribution in [-0.2, 0) is 6.04 Å². The van der Waals surface area contributed by atoms with Crippen LogP contribution in [0.4, 0.5) is 4.39 Å². The van der Waals surface area contributed by atoms with Gasteiger partial charge in [-0.3, -0.25) is 0 Å². The molecule has 0 aromatic heterocycles. The minimum Gasteiger partial charge on any atom is -0.207 e. The Hall–Kier alpha value is -0.343. The summed E-state index contributed by atoms with van der Waals surface area (Å²) in [6.45, 7) is 4.45. The van der Waals surface area contributed by atoms with Crippen molar-refractivity contribution in [3.05, 3.63) is 35.6 Å². The smallest absolute Gasteiger partial charge is 0.123 e. The third-order valence-corrected chi connectivity index (χ3v) is 9.70. The molecule has 0 heterocycles. The van der Waals surface area contributed by atoms with Crippen molar-refractivity contribution in [2.24, 2.45) is 0 Å². The number of rotatable bonds is 5. The summed E-state index contributed by atoms with van der Waals surface area (Å²) >= 11 is 6.09. The van der Waals surface area contributed by atoms with E-state index in [4.69, 9.17) is 11.6 Å². The van der Waals surface area contributed by atoms with Gasteiger partial charge in [0.2, 0.25) is 0 Å². The Morgan fingerprint density at radius 3 is 2.07 bits per heavy atom. The van der Waals surface area contributed by atoms with E-state index in [0.717, 1.165) is 11.5 Å². The van der Waals surface area contributed by atoms with Gasteiger partial charge in [0.25, 0.3) is 0 Å². The van der Waals surface area contributed by atoms with Gasteiger partial charge in [-0.15, -0.1) is 11.6 Å². The molecule has 0 amide bonds. The van der Waals surface area contributed by atoms with Gasteiger partial charge in [0, 0.05) is 5.50 Å². The number of alkyl halides is 1. The van der Waals surface area contributed by atoms with Gasteiger partial charge >= 0.3 is 0 Å². The van der Waals surface area contributed by atoms with Gasteiger partial charge in [-0.1, -0.05) is 43.6 Å². The van der Waals surface area contributed by atoms with Crippen LogP contribution < -0.4 is 0 Å². The van der Waals surface area contributed by atoms with E-state index in [-0.39, 0.29) is 5.82 Å². The lowest BCUT2D eigenvalue weighted by atomic mass is 10.2. The molecule has 15 heavy (non-hydrogen) atoms. The number of hydrogen-bond acceptors (Lipinski definition) is 0. The van der Waals surface area contributed by atoms with Crippen LogP contribution in [0.5, 0.6) is 0 Å². The molecule has 0 bridgehead atoms. The highest BCUT2D eigenvalue weighted by Gasteiger charge is 2.27. The topological polar surface area (TPSA) is 0 Å². The Bertz CT molecular complexity index is 285. The third kappa shape index (κ3) is 3.32. The van der Waals surface area contributed by atoms with E-state index >= 15 is 0 Å². The summed E-state index contributed by atoms with van der Waals surface area (Å²) in [5.41, 5.74) is 2.03. The second-order valence-electron chi connectivity index (χ2n) is 4.14. The summed E-state index contributed by atoms with van der Waals surface area (Å²) in [6, 6.07) is 10.3. The first-order valence-electron chi connectivity index (χ1n) is 5.46. The Balaban J connectivity index is 2.78. The lowest BCUT2D eigenvalue weighted by molar-refractivity contribution is 0.627. The van der Waals surface area contributed by atoms with Crippen LogP contribution in [0.3, 0.4) is 0 Å². The molecule has 0 spiro atoms. The van der Waals surface area contributed by atoms with E-state index < -0.39 is 8.07 Å². The summed E-state index contributed by atoms with van der Waals surface area (Å²) < 4.78 is 12.8. The Kier molecular flexibility index (Phi) is 4.80. The SMILES string of the molecule is CC[Si](CC)(CCl)Cc1ccc(F)cc1. The van der Waals surface area contributed by atoms with Crippen molar-refractivity contribution in [3.8, 4) is 0 Å². The fraction of sp³-hybridized carbons (Fsp3) is 0.500. The van der Waals surface area contributed by atoms with Crippen molar-refractivity contribution in [2.75, 3.05) is 5.50 Å². The highest BCUT2D eigenvalue weighted by Crippen LogP contribution is 2.22. The normalized spacial score (nSPS) is 11.7. The zero-order valence-electron chi connectivity index (χ0n) is 9.39. The highest BCUT2D eigenvalue weighted by atomic mass is 35.5. The van der Waals surface area contributed by atoms with Crippen molar-refractivity contribution in [1.82, 2.24) is 0 Å². The summed E-state index contributed by atoms with van der Waals surface area (Å²) in [6.07, 6.45) is 0. The standard InChI is InChI=1S/C12H18ClFSi/c1-3-15(4-2,10-13)9-11-5-7-12(14)8-6-11/h5-8H,3-4,9-10H2,1-2H3. The molecule has 1 aromatic rings. The summed E-state index contributed by atoms with van der Waals surface area (Å²) in [5.74, 6) is -0.162. The molecule has 84 valence electrons. The molecule has 0 atom stereocenters. The van der Waals surface area contributed by atoms with E-state index in [9.17, 15) is 4.39 Å². The minimum absolute atomic E-state index is 0.162. The van der Waals surface area contributed by atoms with Crippen LogP contribution in [0.25, 0.3) is 0 Å². The fourth-order valence-electron chi connectivity index (χ4n) is 1.77. The lowest BCUT2D eigenvalue weighted by Gasteiger charge is -2.26. The number of halogens is 2. The maximum atomic E-state index is 12.8. The molecular formula is C12H18ClFSi. The van der Waals surface area contributed by atoms with Crippen LogP contribution in [0.2, 0.25) is 12.1 Å². The molecule has 1 aromatic carbocycles. The van der Waals surface area contributed by atoms with Crippen molar-refractivity contribution < 1.29 is 4.39 Å². The second kappa shape index (κ2) is 5.66. The molecule has 0 aliphatic heterocycles. The van der Waals surface area contributed by atoms with Crippen LogP contribution in [0, 0.1) is 5.82 Å². The van der Waals surface area contributed by atoms with Gasteiger partial charge in [0.1, 0.15) is 5.82 Å². The molecule has 0 N–H and O–H groups in total. The maximum Gasteiger partial charge on any atom is 0.123 e. The van der Waals surface area contributed by atoms with E-state index in [1.807, 2.05) is 12.1 Å². The van der Waals surface area contributed by atoms with Crippen LogP contribution >= 0.6 is 11.6 Å².